The van der Waals surface area contributed by atoms with E-state index in [-0.39, 0.29) is 17.0 Å². The minimum absolute atomic E-state index is 0.0373. The number of nitrogens with two attached hydrogens (primary N) is 1. The van der Waals surface area contributed by atoms with E-state index in [0.717, 1.165) is 0 Å². The third-order valence-electron chi connectivity index (χ3n) is 1.69. The van der Waals surface area contributed by atoms with Crippen molar-refractivity contribution in [3.05, 3.63) is 22.5 Å². The summed E-state index contributed by atoms with van der Waals surface area (Å²) < 4.78 is 0. The Morgan fingerprint density at radius 1 is 1.33 bits per heavy atom. The fourth-order valence-corrected chi connectivity index (χ4v) is 1.19. The quantitative estimate of drug-likeness (QED) is 0.418. The molecule has 1 heterocycles. The third kappa shape index (κ3) is 0.763. The Morgan fingerprint density at radius 2 is 2.08 bits per heavy atom. The van der Waals surface area contributed by atoms with Gasteiger partial charge < -0.3 is 10.8 Å². The molecule has 12 heavy (non-hydrogen) atoms. The Balaban J connectivity index is 3.03. The molecule has 0 aliphatic heterocycles. The summed E-state index contributed by atoms with van der Waals surface area (Å²) in [7, 11) is 0. The van der Waals surface area contributed by atoms with Crippen LogP contribution in [0.5, 0.6) is 5.75 Å². The second-order valence-electron chi connectivity index (χ2n) is 2.54. The van der Waals surface area contributed by atoms with E-state index in [1.54, 1.807) is 0 Å². The topological polar surface area (TPSA) is 94.9 Å². The van der Waals surface area contributed by atoms with Crippen LogP contribution in [-0.4, -0.2) is 15.3 Å². The summed E-state index contributed by atoms with van der Waals surface area (Å²) in [5.74, 6) is 0.0373. The Labute approximate surface area is 66.8 Å². The molecule has 0 amide bonds. The molecule has 0 aliphatic carbocycles. The number of H-pyrrole nitrogens is 2. The number of rotatable bonds is 0. The monoisotopic (exact) mass is 165 g/mol. The number of hydrogen-bond donors (Lipinski definition) is 4. The molecule has 0 saturated carbocycles. The van der Waals surface area contributed by atoms with E-state index in [2.05, 4.69) is 10.2 Å². The van der Waals surface area contributed by atoms with Gasteiger partial charge in [-0.15, -0.1) is 0 Å². The maximum Gasteiger partial charge on any atom is 0.273 e. The first-order valence-electron chi connectivity index (χ1n) is 3.37. The maximum atomic E-state index is 11.1. The van der Waals surface area contributed by atoms with Gasteiger partial charge in [0.25, 0.3) is 5.56 Å². The summed E-state index contributed by atoms with van der Waals surface area (Å²) >= 11 is 0. The molecule has 0 fully saturated rings. The molecule has 0 spiro atoms. The van der Waals surface area contributed by atoms with Gasteiger partial charge in [0.15, 0.2) is 0 Å². The molecule has 5 heteroatoms. The summed E-state index contributed by atoms with van der Waals surface area (Å²) in [6.45, 7) is 0. The van der Waals surface area contributed by atoms with Crippen LogP contribution in [0.4, 0.5) is 5.69 Å². The number of aromatic hydroxyl groups is 1. The van der Waals surface area contributed by atoms with E-state index in [1.807, 2.05) is 0 Å². The van der Waals surface area contributed by atoms with Crippen LogP contribution >= 0.6 is 0 Å². The minimum atomic E-state index is -0.275. The highest BCUT2D eigenvalue weighted by Crippen LogP contribution is 2.21. The highest BCUT2D eigenvalue weighted by atomic mass is 16.3. The Bertz CT molecular complexity index is 483. The van der Waals surface area contributed by atoms with Crippen LogP contribution in [0.3, 0.4) is 0 Å². The van der Waals surface area contributed by atoms with Crippen molar-refractivity contribution >= 4 is 16.6 Å². The van der Waals surface area contributed by atoms with E-state index in [0.29, 0.717) is 10.9 Å². The van der Waals surface area contributed by atoms with Gasteiger partial charge in [0.1, 0.15) is 5.75 Å². The predicted octanol–water partition coefficient (Wildman–Crippen LogP) is 0.144. The molecule has 0 atom stereocenters. The lowest BCUT2D eigenvalue weighted by atomic mass is 10.2. The van der Waals surface area contributed by atoms with Gasteiger partial charge in [0.05, 0.1) is 16.6 Å². The van der Waals surface area contributed by atoms with Crippen molar-refractivity contribution in [2.24, 2.45) is 0 Å². The second-order valence-corrected chi connectivity index (χ2v) is 2.54. The maximum absolute atomic E-state index is 11.1. The van der Waals surface area contributed by atoms with Crippen LogP contribution < -0.4 is 11.3 Å². The van der Waals surface area contributed by atoms with Gasteiger partial charge in [-0.2, -0.15) is 0 Å². The lowest BCUT2D eigenvalue weighted by Gasteiger charge is -1.95. The fraction of sp³-hybridized carbons (Fsp3) is 0. The van der Waals surface area contributed by atoms with Crippen molar-refractivity contribution < 1.29 is 5.11 Å². The first-order chi connectivity index (χ1) is 5.68. The molecular formula is C7H7N3O2. The molecule has 0 radical (unpaired) electrons. The molecule has 2 aromatic rings. The number of nitrogens with one attached hydrogen (secondary N) is 2. The zero-order valence-corrected chi connectivity index (χ0v) is 6.09. The smallest absolute Gasteiger partial charge is 0.273 e. The van der Waals surface area contributed by atoms with Gasteiger partial charge in [0, 0.05) is 12.1 Å². The number of phenolic OH excluding ortho intramolecular Hbond substituents is 1. The van der Waals surface area contributed by atoms with Crippen LogP contribution in [0.15, 0.2) is 16.9 Å². The number of aromatic amines is 2. The van der Waals surface area contributed by atoms with Crippen molar-refractivity contribution in [1.82, 2.24) is 10.2 Å². The van der Waals surface area contributed by atoms with Gasteiger partial charge in [-0.3, -0.25) is 15.0 Å². The SMILES string of the molecule is Nc1cc(O)cc2[nH][nH]c(=O)c12. The number of phenols is 1. The molecule has 1 aromatic heterocycles. The summed E-state index contributed by atoms with van der Waals surface area (Å²) in [6.07, 6.45) is 0. The second kappa shape index (κ2) is 2.04. The molecule has 5 nitrogen and oxygen atoms in total. The normalized spacial score (nSPS) is 10.7. The standard InChI is InChI=1S/C7H7N3O2/c8-4-1-3(11)2-5-6(4)7(12)10-9-5/h1-2,11H,8H2,(H2,9,10,12). The molecule has 0 aliphatic rings. The summed E-state index contributed by atoms with van der Waals surface area (Å²) in [5.41, 5.74) is 6.01. The largest absolute Gasteiger partial charge is 0.508 e. The van der Waals surface area contributed by atoms with Crippen LogP contribution in [-0.2, 0) is 0 Å². The summed E-state index contributed by atoms with van der Waals surface area (Å²) in [5, 5.41) is 14.5. The van der Waals surface area contributed by atoms with Crippen LogP contribution in [0.25, 0.3) is 10.9 Å². The van der Waals surface area contributed by atoms with Crippen LogP contribution in [0.1, 0.15) is 0 Å². The number of benzene rings is 1. The van der Waals surface area contributed by atoms with Crippen molar-refractivity contribution in [2.45, 2.75) is 0 Å². The highest BCUT2D eigenvalue weighted by Gasteiger charge is 2.05. The van der Waals surface area contributed by atoms with E-state index in [4.69, 9.17) is 10.8 Å². The van der Waals surface area contributed by atoms with E-state index in [9.17, 15) is 4.79 Å². The molecule has 62 valence electrons. The number of fused-ring (bicyclic) bond motifs is 1. The van der Waals surface area contributed by atoms with E-state index >= 15 is 0 Å². The lowest BCUT2D eigenvalue weighted by molar-refractivity contribution is 0.476. The first kappa shape index (κ1) is 6.78. The molecule has 0 bridgehead atoms. The van der Waals surface area contributed by atoms with E-state index in [1.165, 1.54) is 12.1 Å². The summed E-state index contributed by atoms with van der Waals surface area (Å²) in [4.78, 5) is 11.1. The number of nitrogen functional groups attached to an aromatic ring is 1. The van der Waals surface area contributed by atoms with Gasteiger partial charge in [0.2, 0.25) is 0 Å². The Kier molecular flexibility index (Phi) is 1.15. The predicted molar refractivity (Wildman–Crippen MR) is 45.0 cm³/mol. The molecule has 5 N–H and O–H groups in total. The number of hydrogen-bond acceptors (Lipinski definition) is 3. The van der Waals surface area contributed by atoms with Gasteiger partial charge in [-0.1, -0.05) is 0 Å². The number of anilines is 1. The zero-order valence-electron chi connectivity index (χ0n) is 6.09. The molecule has 2 rings (SSSR count). The first-order valence-corrected chi connectivity index (χ1v) is 3.37. The van der Waals surface area contributed by atoms with Gasteiger partial charge in [-0.05, 0) is 0 Å². The molecule has 0 saturated heterocycles. The van der Waals surface area contributed by atoms with Gasteiger partial charge in [-0.25, -0.2) is 0 Å². The van der Waals surface area contributed by atoms with Gasteiger partial charge >= 0.3 is 0 Å². The highest BCUT2D eigenvalue weighted by molar-refractivity contribution is 5.90. The summed E-state index contributed by atoms with van der Waals surface area (Å²) in [6, 6.07) is 2.77. The van der Waals surface area contributed by atoms with Crippen LogP contribution in [0, 0.1) is 0 Å². The molecule has 1 aromatic carbocycles. The van der Waals surface area contributed by atoms with E-state index < -0.39 is 0 Å². The average Bonchev–Trinajstić information content (AvgIpc) is 2.31. The fourth-order valence-electron chi connectivity index (χ4n) is 1.19. The van der Waals surface area contributed by atoms with Crippen molar-refractivity contribution in [3.63, 3.8) is 0 Å². The molecular weight excluding hydrogens is 158 g/mol. The number of aromatic nitrogens is 2. The molecule has 0 unspecified atom stereocenters. The Hall–Kier alpha value is -1.91. The van der Waals surface area contributed by atoms with Crippen molar-refractivity contribution in [2.75, 3.05) is 5.73 Å². The minimum Gasteiger partial charge on any atom is -0.508 e. The average molecular weight is 165 g/mol. The van der Waals surface area contributed by atoms with Crippen LogP contribution in [0.2, 0.25) is 0 Å². The van der Waals surface area contributed by atoms with Crippen molar-refractivity contribution in [3.8, 4) is 5.75 Å². The zero-order chi connectivity index (χ0) is 8.72. The lowest BCUT2D eigenvalue weighted by Crippen LogP contribution is -2.00. The third-order valence-corrected chi connectivity index (χ3v) is 1.69. The van der Waals surface area contributed by atoms with Crippen molar-refractivity contribution in [1.29, 1.82) is 0 Å². The Morgan fingerprint density at radius 3 is 2.83 bits per heavy atom.